The molecule has 2 N–H and O–H groups in total. The van der Waals surface area contributed by atoms with Gasteiger partial charge in [-0.25, -0.2) is 0 Å². The van der Waals surface area contributed by atoms with E-state index in [-0.39, 0.29) is 5.92 Å². The fourth-order valence-corrected chi connectivity index (χ4v) is 2.15. The van der Waals surface area contributed by atoms with Gasteiger partial charge in [0.15, 0.2) is 0 Å². The van der Waals surface area contributed by atoms with Gasteiger partial charge in [0.2, 0.25) is 0 Å². The fourth-order valence-electron chi connectivity index (χ4n) is 1.95. The monoisotopic (exact) mass is 291 g/mol. The molecule has 0 fully saturated rings. The van der Waals surface area contributed by atoms with E-state index in [1.54, 1.807) is 7.11 Å². The molecule has 20 heavy (non-hydrogen) atoms. The van der Waals surface area contributed by atoms with Gasteiger partial charge in [-0.3, -0.25) is 0 Å². The molecule has 106 valence electrons. The Kier molecular flexibility index (Phi) is 5.27. The van der Waals surface area contributed by atoms with Crippen LogP contribution in [0.1, 0.15) is 11.5 Å². The molecule has 2 aromatic carbocycles. The van der Waals surface area contributed by atoms with Crippen LogP contribution in [0.5, 0.6) is 11.5 Å². The van der Waals surface area contributed by atoms with E-state index >= 15 is 0 Å². The summed E-state index contributed by atoms with van der Waals surface area (Å²) in [6, 6.07) is 15.2. The van der Waals surface area contributed by atoms with Gasteiger partial charge >= 0.3 is 0 Å². The first-order valence-electron chi connectivity index (χ1n) is 6.45. The quantitative estimate of drug-likeness (QED) is 0.886. The molecule has 4 heteroatoms. The molecule has 0 bridgehead atoms. The van der Waals surface area contributed by atoms with Gasteiger partial charge in [-0.05, 0) is 29.8 Å². The lowest BCUT2D eigenvalue weighted by atomic mass is 10.0. The van der Waals surface area contributed by atoms with Gasteiger partial charge in [0.1, 0.15) is 11.5 Å². The molecule has 0 aliphatic carbocycles. The molecule has 2 rings (SSSR count). The van der Waals surface area contributed by atoms with Gasteiger partial charge in [0.25, 0.3) is 0 Å². The zero-order valence-electron chi connectivity index (χ0n) is 11.4. The molecule has 0 aliphatic rings. The second-order valence-electron chi connectivity index (χ2n) is 4.48. The number of ether oxygens (including phenoxy) is 2. The highest BCUT2D eigenvalue weighted by molar-refractivity contribution is 6.30. The summed E-state index contributed by atoms with van der Waals surface area (Å²) in [5.41, 5.74) is 6.91. The van der Waals surface area contributed by atoms with Crippen LogP contribution in [0.4, 0.5) is 0 Å². The van der Waals surface area contributed by atoms with E-state index < -0.39 is 0 Å². The first-order chi connectivity index (χ1) is 9.72. The van der Waals surface area contributed by atoms with Gasteiger partial charge in [-0.1, -0.05) is 29.8 Å². The van der Waals surface area contributed by atoms with E-state index in [1.165, 1.54) is 0 Å². The van der Waals surface area contributed by atoms with Crippen LogP contribution >= 0.6 is 11.6 Å². The van der Waals surface area contributed by atoms with Crippen molar-refractivity contribution in [2.24, 2.45) is 5.73 Å². The summed E-state index contributed by atoms with van der Waals surface area (Å²) in [5.74, 6) is 1.65. The lowest BCUT2D eigenvalue weighted by Crippen LogP contribution is -2.19. The maximum Gasteiger partial charge on any atom is 0.123 e. The second-order valence-corrected chi connectivity index (χ2v) is 4.91. The maximum atomic E-state index is 6.00. The van der Waals surface area contributed by atoms with E-state index in [2.05, 4.69) is 0 Å². The van der Waals surface area contributed by atoms with E-state index in [9.17, 15) is 0 Å². The molecule has 2 aromatic rings. The van der Waals surface area contributed by atoms with Crippen LogP contribution in [0.15, 0.2) is 48.5 Å². The smallest absolute Gasteiger partial charge is 0.123 e. The number of rotatable bonds is 6. The Morgan fingerprint density at radius 1 is 1.10 bits per heavy atom. The molecule has 0 saturated heterocycles. The van der Waals surface area contributed by atoms with Crippen LogP contribution in [-0.4, -0.2) is 20.3 Å². The molecule has 0 heterocycles. The molecule has 3 nitrogen and oxygen atoms in total. The van der Waals surface area contributed by atoms with Crippen molar-refractivity contribution < 1.29 is 9.47 Å². The predicted octanol–water partition coefficient (Wildman–Crippen LogP) is 3.47. The minimum atomic E-state index is 0.111. The first-order valence-corrected chi connectivity index (χ1v) is 6.83. The second kappa shape index (κ2) is 7.17. The zero-order chi connectivity index (χ0) is 14.4. The first kappa shape index (κ1) is 14.7. The molecular formula is C16H18ClNO2. The third kappa shape index (κ3) is 3.89. The summed E-state index contributed by atoms with van der Waals surface area (Å²) >= 11 is 6.00. The van der Waals surface area contributed by atoms with Gasteiger partial charge in [-0.15, -0.1) is 0 Å². The Morgan fingerprint density at radius 3 is 2.55 bits per heavy atom. The maximum absolute atomic E-state index is 6.00. The van der Waals surface area contributed by atoms with E-state index in [1.807, 2.05) is 48.5 Å². The molecule has 0 saturated carbocycles. The standard InChI is InChI=1S/C16H18ClNO2/c1-19-15-6-3-7-16(9-15)20-11-13(10-18)12-4-2-5-14(17)8-12/h2-9,13H,10-11,18H2,1H3. The third-order valence-electron chi connectivity index (χ3n) is 3.10. The third-order valence-corrected chi connectivity index (χ3v) is 3.33. The predicted molar refractivity (Wildman–Crippen MR) is 81.7 cm³/mol. The minimum Gasteiger partial charge on any atom is -0.497 e. The van der Waals surface area contributed by atoms with Gasteiger partial charge in [0.05, 0.1) is 13.7 Å². The highest BCUT2D eigenvalue weighted by atomic mass is 35.5. The van der Waals surface area contributed by atoms with Crippen LogP contribution in [0.3, 0.4) is 0 Å². The van der Waals surface area contributed by atoms with E-state index in [0.29, 0.717) is 18.2 Å². The summed E-state index contributed by atoms with van der Waals surface area (Å²) in [4.78, 5) is 0. The Balaban J connectivity index is 2.03. The molecule has 0 aromatic heterocycles. The zero-order valence-corrected chi connectivity index (χ0v) is 12.1. The minimum absolute atomic E-state index is 0.111. The summed E-state index contributed by atoms with van der Waals surface area (Å²) in [7, 11) is 1.63. The Morgan fingerprint density at radius 2 is 1.85 bits per heavy atom. The Labute approximate surface area is 124 Å². The van der Waals surface area contributed by atoms with E-state index in [0.717, 1.165) is 17.1 Å². The van der Waals surface area contributed by atoms with Crippen LogP contribution in [-0.2, 0) is 0 Å². The van der Waals surface area contributed by atoms with Crippen molar-refractivity contribution in [1.82, 2.24) is 0 Å². The van der Waals surface area contributed by atoms with Crippen molar-refractivity contribution in [3.05, 3.63) is 59.1 Å². The molecule has 0 spiro atoms. The highest BCUT2D eigenvalue weighted by Crippen LogP contribution is 2.23. The highest BCUT2D eigenvalue weighted by Gasteiger charge is 2.11. The van der Waals surface area contributed by atoms with Crippen molar-refractivity contribution in [1.29, 1.82) is 0 Å². The number of halogens is 1. The fraction of sp³-hybridized carbons (Fsp3) is 0.250. The van der Waals surface area contributed by atoms with Crippen molar-refractivity contribution in [2.75, 3.05) is 20.3 Å². The normalized spacial score (nSPS) is 11.9. The van der Waals surface area contributed by atoms with Crippen LogP contribution < -0.4 is 15.2 Å². The Bertz CT molecular complexity index is 560. The molecule has 0 amide bonds. The van der Waals surface area contributed by atoms with Gasteiger partial charge < -0.3 is 15.2 Å². The lowest BCUT2D eigenvalue weighted by molar-refractivity contribution is 0.288. The van der Waals surface area contributed by atoms with Crippen LogP contribution in [0.2, 0.25) is 5.02 Å². The average Bonchev–Trinajstić information content (AvgIpc) is 2.48. The average molecular weight is 292 g/mol. The number of hydrogen-bond acceptors (Lipinski definition) is 3. The van der Waals surface area contributed by atoms with Gasteiger partial charge in [-0.2, -0.15) is 0 Å². The van der Waals surface area contributed by atoms with Crippen molar-refractivity contribution in [3.8, 4) is 11.5 Å². The number of methoxy groups -OCH3 is 1. The summed E-state index contributed by atoms with van der Waals surface area (Å²) in [6.45, 7) is 1.01. The lowest BCUT2D eigenvalue weighted by Gasteiger charge is -2.17. The Hall–Kier alpha value is -1.71. The topological polar surface area (TPSA) is 44.5 Å². The molecule has 0 radical (unpaired) electrons. The molecular weight excluding hydrogens is 274 g/mol. The van der Waals surface area contributed by atoms with Crippen molar-refractivity contribution >= 4 is 11.6 Å². The number of nitrogens with two attached hydrogens (primary N) is 1. The number of hydrogen-bond donors (Lipinski definition) is 1. The van der Waals surface area contributed by atoms with Crippen LogP contribution in [0, 0.1) is 0 Å². The molecule has 0 aliphatic heterocycles. The number of benzene rings is 2. The van der Waals surface area contributed by atoms with E-state index in [4.69, 9.17) is 26.8 Å². The van der Waals surface area contributed by atoms with Crippen LogP contribution in [0.25, 0.3) is 0 Å². The summed E-state index contributed by atoms with van der Waals surface area (Å²) in [6.07, 6.45) is 0. The summed E-state index contributed by atoms with van der Waals surface area (Å²) < 4.78 is 11.0. The summed E-state index contributed by atoms with van der Waals surface area (Å²) in [5, 5.41) is 0.710. The van der Waals surface area contributed by atoms with Crippen molar-refractivity contribution in [2.45, 2.75) is 5.92 Å². The largest absolute Gasteiger partial charge is 0.497 e. The SMILES string of the molecule is COc1cccc(OCC(CN)c2cccc(Cl)c2)c1. The molecule has 1 unspecified atom stereocenters. The van der Waals surface area contributed by atoms with Gasteiger partial charge in [0, 0.05) is 23.6 Å². The molecule has 1 atom stereocenters. The van der Waals surface area contributed by atoms with Crippen molar-refractivity contribution in [3.63, 3.8) is 0 Å².